The summed E-state index contributed by atoms with van der Waals surface area (Å²) < 4.78 is 58.0. The first-order chi connectivity index (χ1) is 10.0. The molecule has 0 spiro atoms. The van der Waals surface area contributed by atoms with Crippen molar-refractivity contribution in [1.82, 2.24) is 10.2 Å². The number of halogens is 4. The van der Waals surface area contributed by atoms with Crippen LogP contribution in [0.15, 0.2) is 40.8 Å². The van der Waals surface area contributed by atoms with E-state index >= 15 is 0 Å². The van der Waals surface area contributed by atoms with E-state index < -0.39 is 34.7 Å². The van der Waals surface area contributed by atoms with Crippen LogP contribution in [0.3, 0.4) is 0 Å². The van der Waals surface area contributed by atoms with Crippen LogP contribution >= 0.6 is 0 Å². The highest BCUT2D eigenvalue weighted by atomic mass is 19.1. The molecular weight excluding hydrogens is 288 g/mol. The van der Waals surface area contributed by atoms with E-state index in [0.29, 0.717) is 17.7 Å². The minimum atomic E-state index is -1.15. The van der Waals surface area contributed by atoms with Crippen LogP contribution in [0.5, 0.6) is 0 Å². The molecule has 0 aliphatic carbocycles. The van der Waals surface area contributed by atoms with Gasteiger partial charge >= 0.3 is 0 Å². The van der Waals surface area contributed by atoms with Crippen LogP contribution in [0.2, 0.25) is 0 Å². The van der Waals surface area contributed by atoms with E-state index in [2.05, 4.69) is 10.2 Å². The SMILES string of the molecule is Fc1ccc(-c2nnc(-c3c(F)cc(F)cc3F)o2)cc1. The van der Waals surface area contributed by atoms with Crippen molar-refractivity contribution in [3.05, 3.63) is 59.7 Å². The van der Waals surface area contributed by atoms with Crippen LogP contribution in [-0.4, -0.2) is 10.2 Å². The number of hydrogen-bond donors (Lipinski definition) is 0. The average Bonchev–Trinajstić information content (AvgIpc) is 2.87. The fourth-order valence-corrected chi connectivity index (χ4v) is 1.78. The Hall–Kier alpha value is -2.70. The van der Waals surface area contributed by atoms with Gasteiger partial charge in [0.25, 0.3) is 5.89 Å². The molecule has 0 unspecified atom stereocenters. The molecule has 0 amide bonds. The largest absolute Gasteiger partial charge is 0.416 e. The molecule has 106 valence electrons. The van der Waals surface area contributed by atoms with Crippen molar-refractivity contribution < 1.29 is 22.0 Å². The Morgan fingerprint density at radius 2 is 1.29 bits per heavy atom. The van der Waals surface area contributed by atoms with Crippen molar-refractivity contribution >= 4 is 0 Å². The van der Waals surface area contributed by atoms with Gasteiger partial charge in [0, 0.05) is 17.7 Å². The fourth-order valence-electron chi connectivity index (χ4n) is 1.78. The van der Waals surface area contributed by atoms with Crippen molar-refractivity contribution in [2.45, 2.75) is 0 Å². The van der Waals surface area contributed by atoms with Crippen LogP contribution in [0.25, 0.3) is 22.9 Å². The van der Waals surface area contributed by atoms with Crippen molar-refractivity contribution in [1.29, 1.82) is 0 Å². The van der Waals surface area contributed by atoms with Gasteiger partial charge in [-0.05, 0) is 24.3 Å². The normalized spacial score (nSPS) is 10.9. The maximum Gasteiger partial charge on any atom is 0.254 e. The third-order valence-corrected chi connectivity index (χ3v) is 2.74. The lowest BCUT2D eigenvalue weighted by atomic mass is 10.2. The highest BCUT2D eigenvalue weighted by Crippen LogP contribution is 2.28. The van der Waals surface area contributed by atoms with Crippen LogP contribution in [0, 0.1) is 23.3 Å². The minimum absolute atomic E-state index is 0.0341. The van der Waals surface area contributed by atoms with Gasteiger partial charge in [0.1, 0.15) is 28.8 Å². The second-order valence-electron chi connectivity index (χ2n) is 4.16. The maximum absolute atomic E-state index is 13.6. The molecule has 0 atom stereocenters. The first-order valence-corrected chi connectivity index (χ1v) is 5.79. The smallest absolute Gasteiger partial charge is 0.254 e. The number of aromatic nitrogens is 2. The lowest BCUT2D eigenvalue weighted by Crippen LogP contribution is -1.92. The van der Waals surface area contributed by atoms with Gasteiger partial charge < -0.3 is 4.42 Å². The topological polar surface area (TPSA) is 38.9 Å². The Balaban J connectivity index is 2.05. The Morgan fingerprint density at radius 3 is 1.90 bits per heavy atom. The van der Waals surface area contributed by atoms with E-state index in [1.165, 1.54) is 24.3 Å². The van der Waals surface area contributed by atoms with Gasteiger partial charge in [-0.2, -0.15) is 0 Å². The molecule has 0 saturated heterocycles. The third-order valence-electron chi connectivity index (χ3n) is 2.74. The van der Waals surface area contributed by atoms with Gasteiger partial charge in [0.2, 0.25) is 5.89 Å². The van der Waals surface area contributed by atoms with Crippen LogP contribution in [0.4, 0.5) is 17.6 Å². The summed E-state index contributed by atoms with van der Waals surface area (Å²) in [6.45, 7) is 0. The molecular formula is C14H6F4N2O. The summed E-state index contributed by atoms with van der Waals surface area (Å²) in [5.74, 6) is -4.26. The van der Waals surface area contributed by atoms with E-state index in [0.717, 1.165) is 0 Å². The number of rotatable bonds is 2. The summed E-state index contributed by atoms with van der Waals surface area (Å²) >= 11 is 0. The number of benzene rings is 2. The zero-order valence-electron chi connectivity index (χ0n) is 10.3. The zero-order valence-corrected chi connectivity index (χ0v) is 10.3. The summed E-state index contributed by atoms with van der Waals surface area (Å²) in [4.78, 5) is 0. The molecule has 1 heterocycles. The molecule has 0 fully saturated rings. The monoisotopic (exact) mass is 294 g/mol. The van der Waals surface area contributed by atoms with Gasteiger partial charge in [-0.1, -0.05) is 0 Å². The lowest BCUT2D eigenvalue weighted by Gasteiger charge is -2.00. The van der Waals surface area contributed by atoms with E-state index in [-0.39, 0.29) is 5.89 Å². The van der Waals surface area contributed by atoms with Gasteiger partial charge in [0.15, 0.2) is 0 Å². The quantitative estimate of drug-likeness (QED) is 0.671. The summed E-state index contributed by atoms with van der Waals surface area (Å²) in [5, 5.41) is 7.15. The van der Waals surface area contributed by atoms with Crippen LogP contribution in [0.1, 0.15) is 0 Å². The molecule has 0 N–H and O–H groups in total. The summed E-state index contributed by atoms with van der Waals surface area (Å²) in [6, 6.07) is 6.14. The van der Waals surface area contributed by atoms with Crippen molar-refractivity contribution in [3.8, 4) is 22.9 Å². The predicted octanol–water partition coefficient (Wildman–Crippen LogP) is 3.96. The predicted molar refractivity (Wildman–Crippen MR) is 65.0 cm³/mol. The molecule has 0 saturated carbocycles. The summed E-state index contributed by atoms with van der Waals surface area (Å²) in [6.07, 6.45) is 0. The molecule has 0 aliphatic rings. The maximum atomic E-state index is 13.6. The second-order valence-corrected chi connectivity index (χ2v) is 4.16. The van der Waals surface area contributed by atoms with Crippen molar-refractivity contribution in [2.75, 3.05) is 0 Å². The molecule has 2 aromatic carbocycles. The fraction of sp³-hybridized carbons (Fsp3) is 0. The minimum Gasteiger partial charge on any atom is -0.416 e. The standard InChI is InChI=1S/C14H6F4N2O/c15-8-3-1-7(2-4-8)13-19-20-14(21-13)12-10(17)5-9(16)6-11(12)18/h1-6H. The molecule has 0 aliphatic heterocycles. The Labute approximate surface area is 115 Å². The molecule has 0 radical (unpaired) electrons. The first-order valence-electron chi connectivity index (χ1n) is 5.79. The molecule has 7 heteroatoms. The van der Waals surface area contributed by atoms with Crippen LogP contribution in [-0.2, 0) is 0 Å². The molecule has 0 bridgehead atoms. The van der Waals surface area contributed by atoms with Gasteiger partial charge in [-0.25, -0.2) is 17.6 Å². The average molecular weight is 294 g/mol. The Morgan fingerprint density at radius 1 is 0.714 bits per heavy atom. The molecule has 3 rings (SSSR count). The van der Waals surface area contributed by atoms with Crippen molar-refractivity contribution in [2.24, 2.45) is 0 Å². The summed E-state index contributed by atoms with van der Waals surface area (Å²) in [7, 11) is 0. The third kappa shape index (κ3) is 2.49. The first kappa shape index (κ1) is 13.3. The Kier molecular flexibility index (Phi) is 3.17. The summed E-state index contributed by atoms with van der Waals surface area (Å²) in [5.41, 5.74) is -0.227. The molecule has 3 aromatic rings. The number of nitrogens with zero attached hydrogens (tertiary/aromatic N) is 2. The lowest BCUT2D eigenvalue weighted by molar-refractivity contribution is 0.528. The second kappa shape index (κ2) is 5.01. The Bertz CT molecular complexity index is 776. The molecule has 1 aromatic heterocycles. The van der Waals surface area contributed by atoms with E-state index in [4.69, 9.17) is 4.42 Å². The van der Waals surface area contributed by atoms with Crippen molar-refractivity contribution in [3.63, 3.8) is 0 Å². The molecule has 21 heavy (non-hydrogen) atoms. The van der Waals surface area contributed by atoms with Gasteiger partial charge in [0.05, 0.1) is 0 Å². The van der Waals surface area contributed by atoms with Crippen LogP contribution < -0.4 is 0 Å². The number of hydrogen-bond acceptors (Lipinski definition) is 3. The van der Waals surface area contributed by atoms with Gasteiger partial charge in [-0.3, -0.25) is 0 Å². The van der Waals surface area contributed by atoms with E-state index in [1.807, 2.05) is 0 Å². The van der Waals surface area contributed by atoms with Gasteiger partial charge in [-0.15, -0.1) is 10.2 Å². The van der Waals surface area contributed by atoms with E-state index in [9.17, 15) is 17.6 Å². The highest BCUT2D eigenvalue weighted by molar-refractivity contribution is 5.58. The highest BCUT2D eigenvalue weighted by Gasteiger charge is 2.20. The molecule has 3 nitrogen and oxygen atoms in total. The zero-order chi connectivity index (χ0) is 15.0. The van der Waals surface area contributed by atoms with E-state index in [1.54, 1.807) is 0 Å².